The van der Waals surface area contributed by atoms with Crippen LogP contribution in [0.15, 0.2) is 29.4 Å². The molecule has 1 aromatic carbocycles. The molecular formula is C14H19ClN4O2S2. The number of thioether (sulfide) groups is 1. The third-order valence-corrected chi connectivity index (χ3v) is 6.64. The van der Waals surface area contributed by atoms with Crippen LogP contribution < -0.4 is 0 Å². The number of halogens is 1. The Balaban J connectivity index is 2.00. The highest BCUT2D eigenvalue weighted by atomic mass is 35.5. The number of aromatic nitrogens is 3. The average molecular weight is 375 g/mol. The van der Waals surface area contributed by atoms with E-state index in [1.807, 2.05) is 35.9 Å². The molecule has 1 aromatic heterocycles. The van der Waals surface area contributed by atoms with Gasteiger partial charge in [-0.1, -0.05) is 35.5 Å². The lowest BCUT2D eigenvalue weighted by molar-refractivity contribution is 0.520. The maximum absolute atomic E-state index is 11.7. The van der Waals surface area contributed by atoms with E-state index in [-0.39, 0.29) is 5.75 Å². The Morgan fingerprint density at radius 1 is 1.26 bits per heavy atom. The highest BCUT2D eigenvalue weighted by molar-refractivity contribution is 7.99. The third-order valence-electron chi connectivity index (χ3n) is 3.28. The van der Waals surface area contributed by atoms with Gasteiger partial charge in [-0.05, 0) is 18.6 Å². The van der Waals surface area contributed by atoms with Crippen LogP contribution in [0.1, 0.15) is 6.42 Å². The van der Waals surface area contributed by atoms with E-state index in [1.165, 1.54) is 16.1 Å². The van der Waals surface area contributed by atoms with Crippen molar-refractivity contribution in [3.8, 4) is 11.4 Å². The maximum Gasteiger partial charge on any atom is 0.213 e. The van der Waals surface area contributed by atoms with Gasteiger partial charge < -0.3 is 4.57 Å². The van der Waals surface area contributed by atoms with Gasteiger partial charge in [0, 0.05) is 32.5 Å². The number of sulfonamides is 1. The van der Waals surface area contributed by atoms with Crippen LogP contribution in [-0.2, 0) is 17.1 Å². The molecule has 0 saturated carbocycles. The molecule has 0 aliphatic rings. The molecule has 0 amide bonds. The number of hydrogen-bond donors (Lipinski definition) is 0. The van der Waals surface area contributed by atoms with Gasteiger partial charge in [0.05, 0.1) is 10.8 Å². The van der Waals surface area contributed by atoms with Gasteiger partial charge in [0.25, 0.3) is 0 Å². The monoisotopic (exact) mass is 374 g/mol. The van der Waals surface area contributed by atoms with E-state index in [2.05, 4.69) is 10.2 Å². The predicted octanol–water partition coefficient (Wildman–Crippen LogP) is 2.51. The smallest absolute Gasteiger partial charge is 0.213 e. The number of rotatable bonds is 7. The number of benzene rings is 1. The molecule has 0 aliphatic carbocycles. The standard InChI is InChI=1S/C14H19ClN4O2S2/c1-18(2)23(20,21)10-6-9-22-14-17-16-13(19(14)3)11-7-4-5-8-12(11)15/h4-5,7-8H,6,9-10H2,1-3H3. The van der Waals surface area contributed by atoms with Crippen LogP contribution in [0.2, 0.25) is 5.02 Å². The summed E-state index contributed by atoms with van der Waals surface area (Å²) < 4.78 is 26.5. The number of nitrogens with zero attached hydrogens (tertiary/aromatic N) is 4. The van der Waals surface area contributed by atoms with Crippen LogP contribution in [0.5, 0.6) is 0 Å². The molecular weight excluding hydrogens is 356 g/mol. The minimum Gasteiger partial charge on any atom is -0.305 e. The molecule has 0 fully saturated rings. The third kappa shape index (κ3) is 4.47. The molecule has 0 atom stereocenters. The van der Waals surface area contributed by atoms with E-state index in [0.717, 1.165) is 10.7 Å². The molecule has 0 aliphatic heterocycles. The first-order chi connectivity index (χ1) is 10.8. The molecule has 0 unspecified atom stereocenters. The number of hydrogen-bond acceptors (Lipinski definition) is 5. The first-order valence-corrected chi connectivity index (χ1v) is 9.97. The van der Waals surface area contributed by atoms with Gasteiger partial charge in [0.2, 0.25) is 10.0 Å². The van der Waals surface area contributed by atoms with Crippen LogP contribution in [0.3, 0.4) is 0 Å². The van der Waals surface area contributed by atoms with Crippen LogP contribution >= 0.6 is 23.4 Å². The van der Waals surface area contributed by atoms with Gasteiger partial charge in [0.1, 0.15) is 0 Å². The summed E-state index contributed by atoms with van der Waals surface area (Å²) in [6, 6.07) is 7.47. The van der Waals surface area contributed by atoms with Crippen molar-refractivity contribution in [1.29, 1.82) is 0 Å². The molecule has 23 heavy (non-hydrogen) atoms. The first kappa shape index (κ1) is 18.3. The summed E-state index contributed by atoms with van der Waals surface area (Å²) in [5, 5.41) is 9.70. The van der Waals surface area contributed by atoms with Crippen molar-refractivity contribution >= 4 is 33.4 Å². The van der Waals surface area contributed by atoms with Gasteiger partial charge >= 0.3 is 0 Å². The molecule has 2 rings (SSSR count). The highest BCUT2D eigenvalue weighted by Gasteiger charge is 2.15. The van der Waals surface area contributed by atoms with Gasteiger partial charge in [-0.2, -0.15) is 0 Å². The van der Waals surface area contributed by atoms with Crippen molar-refractivity contribution in [3.05, 3.63) is 29.3 Å². The van der Waals surface area contributed by atoms with Crippen molar-refractivity contribution in [2.75, 3.05) is 25.6 Å². The minimum atomic E-state index is -3.15. The van der Waals surface area contributed by atoms with Gasteiger partial charge in [-0.3, -0.25) is 0 Å². The summed E-state index contributed by atoms with van der Waals surface area (Å²) >= 11 is 7.67. The molecule has 6 nitrogen and oxygen atoms in total. The summed E-state index contributed by atoms with van der Waals surface area (Å²) in [5.41, 5.74) is 0.825. The quantitative estimate of drug-likeness (QED) is 0.550. The lowest BCUT2D eigenvalue weighted by Crippen LogP contribution is -2.25. The second-order valence-electron chi connectivity index (χ2n) is 5.15. The molecule has 126 valence electrons. The van der Waals surface area contributed by atoms with Crippen molar-refractivity contribution in [2.24, 2.45) is 7.05 Å². The second kappa shape index (κ2) is 7.65. The fourth-order valence-electron chi connectivity index (χ4n) is 1.91. The zero-order chi connectivity index (χ0) is 17.0. The Hall–Kier alpha value is -1.09. The predicted molar refractivity (Wildman–Crippen MR) is 94.3 cm³/mol. The van der Waals surface area contributed by atoms with E-state index in [0.29, 0.717) is 23.0 Å². The van der Waals surface area contributed by atoms with Crippen molar-refractivity contribution < 1.29 is 8.42 Å². The average Bonchev–Trinajstić information content (AvgIpc) is 2.85. The van der Waals surface area contributed by atoms with Crippen LogP contribution in [-0.4, -0.2) is 53.1 Å². The van der Waals surface area contributed by atoms with Crippen molar-refractivity contribution in [2.45, 2.75) is 11.6 Å². The molecule has 0 saturated heterocycles. The minimum absolute atomic E-state index is 0.127. The summed E-state index contributed by atoms with van der Waals surface area (Å²) in [6.45, 7) is 0. The van der Waals surface area contributed by atoms with E-state index in [4.69, 9.17) is 11.6 Å². The zero-order valence-electron chi connectivity index (χ0n) is 13.2. The molecule has 0 radical (unpaired) electrons. The zero-order valence-corrected chi connectivity index (χ0v) is 15.6. The van der Waals surface area contributed by atoms with Gasteiger partial charge in [-0.15, -0.1) is 10.2 Å². The second-order valence-corrected chi connectivity index (χ2v) is 8.92. The normalized spacial score (nSPS) is 12.0. The van der Waals surface area contributed by atoms with E-state index >= 15 is 0 Å². The van der Waals surface area contributed by atoms with E-state index in [1.54, 1.807) is 14.1 Å². The highest BCUT2D eigenvalue weighted by Crippen LogP contribution is 2.28. The summed E-state index contributed by atoms with van der Waals surface area (Å²) in [6.07, 6.45) is 0.555. The molecule has 0 N–H and O–H groups in total. The lowest BCUT2D eigenvalue weighted by atomic mass is 10.2. The largest absolute Gasteiger partial charge is 0.305 e. The summed E-state index contributed by atoms with van der Waals surface area (Å²) in [4.78, 5) is 0. The SMILES string of the molecule is CN(C)S(=O)(=O)CCCSc1nnc(-c2ccccc2Cl)n1C. The van der Waals surface area contributed by atoms with Crippen molar-refractivity contribution in [3.63, 3.8) is 0 Å². The first-order valence-electron chi connectivity index (χ1n) is 7.00. The van der Waals surface area contributed by atoms with Crippen LogP contribution in [0.4, 0.5) is 0 Å². The van der Waals surface area contributed by atoms with Gasteiger partial charge in [0.15, 0.2) is 11.0 Å². The lowest BCUT2D eigenvalue weighted by Gasteiger charge is -2.10. The molecule has 2 aromatic rings. The Bertz CT molecular complexity index is 775. The van der Waals surface area contributed by atoms with E-state index in [9.17, 15) is 8.42 Å². The summed E-state index contributed by atoms with van der Waals surface area (Å²) in [5.74, 6) is 1.48. The topological polar surface area (TPSA) is 68.1 Å². The maximum atomic E-state index is 11.7. The Labute approximate surface area is 145 Å². The van der Waals surface area contributed by atoms with Crippen molar-refractivity contribution in [1.82, 2.24) is 19.1 Å². The fraction of sp³-hybridized carbons (Fsp3) is 0.429. The van der Waals surface area contributed by atoms with Crippen LogP contribution in [0.25, 0.3) is 11.4 Å². The Kier molecular flexibility index (Phi) is 6.07. The molecule has 9 heteroatoms. The molecule has 0 bridgehead atoms. The van der Waals surface area contributed by atoms with Crippen LogP contribution in [0, 0.1) is 0 Å². The summed E-state index contributed by atoms with van der Waals surface area (Å²) in [7, 11) is 1.81. The Morgan fingerprint density at radius 3 is 2.61 bits per heavy atom. The van der Waals surface area contributed by atoms with Gasteiger partial charge in [-0.25, -0.2) is 12.7 Å². The van der Waals surface area contributed by atoms with E-state index < -0.39 is 10.0 Å². The fourth-order valence-corrected chi connectivity index (χ4v) is 4.03. The Morgan fingerprint density at radius 2 is 1.96 bits per heavy atom. The molecule has 1 heterocycles. The molecule has 0 spiro atoms.